The predicted molar refractivity (Wildman–Crippen MR) is 53.5 cm³/mol. The lowest BCUT2D eigenvalue weighted by Gasteiger charge is -2.11. The number of aromatic nitrogens is 3. The minimum atomic E-state index is -2.61. The van der Waals surface area contributed by atoms with Gasteiger partial charge in [0.05, 0.1) is 18.5 Å². The van der Waals surface area contributed by atoms with Gasteiger partial charge in [-0.2, -0.15) is 0 Å². The van der Waals surface area contributed by atoms with Gasteiger partial charge in [0.2, 0.25) is 0 Å². The first-order valence-corrected chi connectivity index (χ1v) is 5.63. The highest BCUT2D eigenvalue weighted by Gasteiger charge is 2.24. The van der Waals surface area contributed by atoms with Gasteiger partial charge in [-0.05, 0) is 12.8 Å². The van der Waals surface area contributed by atoms with Crippen LogP contribution in [0, 0.1) is 0 Å². The van der Waals surface area contributed by atoms with Crippen LogP contribution in [0.3, 0.4) is 0 Å². The Morgan fingerprint density at radius 3 is 2.94 bits per heavy atom. The summed E-state index contributed by atoms with van der Waals surface area (Å²) >= 11 is 5.53. The zero-order valence-corrected chi connectivity index (χ0v) is 9.33. The molecule has 0 amide bonds. The molecular weight excluding hydrogens is 240 g/mol. The lowest BCUT2D eigenvalue weighted by atomic mass is 10.2. The molecule has 1 unspecified atom stereocenters. The molecule has 0 aromatic carbocycles. The highest BCUT2D eigenvalue weighted by Crippen LogP contribution is 2.24. The normalized spacial score (nSPS) is 20.9. The summed E-state index contributed by atoms with van der Waals surface area (Å²) in [7, 11) is 0. The minimum Gasteiger partial charge on any atom is -0.376 e. The molecule has 0 spiro atoms. The largest absolute Gasteiger partial charge is 0.376 e. The minimum absolute atomic E-state index is 0.0395. The van der Waals surface area contributed by atoms with Crippen molar-refractivity contribution in [3.63, 3.8) is 0 Å². The van der Waals surface area contributed by atoms with Crippen molar-refractivity contribution in [2.24, 2.45) is 0 Å². The fourth-order valence-electron chi connectivity index (χ4n) is 1.81. The third-order valence-corrected chi connectivity index (χ3v) is 2.83. The number of alkyl halides is 3. The average Bonchev–Trinajstić information content (AvgIpc) is 2.87. The van der Waals surface area contributed by atoms with Crippen molar-refractivity contribution in [2.45, 2.75) is 37.8 Å². The summed E-state index contributed by atoms with van der Waals surface area (Å²) in [5.74, 6) is -0.0504. The van der Waals surface area contributed by atoms with Crippen molar-refractivity contribution in [2.75, 3.05) is 6.61 Å². The van der Waals surface area contributed by atoms with E-state index in [1.165, 1.54) is 4.68 Å². The zero-order valence-electron chi connectivity index (χ0n) is 8.57. The maximum atomic E-state index is 12.8. The van der Waals surface area contributed by atoms with Gasteiger partial charge in [0.1, 0.15) is 11.4 Å². The highest BCUT2D eigenvalue weighted by molar-refractivity contribution is 6.16. The second-order valence-electron chi connectivity index (χ2n) is 3.67. The molecule has 1 atom stereocenters. The van der Waals surface area contributed by atoms with Gasteiger partial charge >= 0.3 is 0 Å². The Morgan fingerprint density at radius 1 is 1.56 bits per heavy atom. The molecule has 16 heavy (non-hydrogen) atoms. The molecule has 0 bridgehead atoms. The van der Waals surface area contributed by atoms with Crippen molar-refractivity contribution < 1.29 is 13.5 Å². The number of hydrogen-bond acceptors (Lipinski definition) is 3. The van der Waals surface area contributed by atoms with Crippen LogP contribution in [0.25, 0.3) is 0 Å². The molecule has 1 aliphatic heterocycles. The van der Waals surface area contributed by atoms with E-state index < -0.39 is 6.43 Å². The Labute approximate surface area is 96.5 Å². The molecule has 2 rings (SSSR count). The molecular formula is C9H12ClF2N3O. The van der Waals surface area contributed by atoms with Crippen LogP contribution < -0.4 is 0 Å². The molecule has 0 saturated carbocycles. The van der Waals surface area contributed by atoms with Crippen LogP contribution in [0.5, 0.6) is 0 Å². The van der Waals surface area contributed by atoms with Crippen molar-refractivity contribution in [3.05, 3.63) is 11.4 Å². The molecule has 2 heterocycles. The molecule has 1 aromatic heterocycles. The molecule has 0 N–H and O–H groups in total. The molecule has 0 radical (unpaired) electrons. The number of halogens is 3. The van der Waals surface area contributed by atoms with Crippen LogP contribution in [-0.2, 0) is 17.2 Å². The smallest absolute Gasteiger partial charge is 0.281 e. The van der Waals surface area contributed by atoms with Gasteiger partial charge in [0.15, 0.2) is 0 Å². The van der Waals surface area contributed by atoms with Gasteiger partial charge in [-0.3, -0.25) is 0 Å². The fourth-order valence-corrected chi connectivity index (χ4v) is 2.00. The van der Waals surface area contributed by atoms with Crippen LogP contribution in [0.4, 0.5) is 8.78 Å². The monoisotopic (exact) mass is 251 g/mol. The molecule has 0 aliphatic carbocycles. The van der Waals surface area contributed by atoms with E-state index in [1.807, 2.05) is 0 Å². The van der Waals surface area contributed by atoms with Crippen LogP contribution in [0.1, 0.15) is 30.7 Å². The second kappa shape index (κ2) is 5.05. The van der Waals surface area contributed by atoms with Gasteiger partial charge in [0.25, 0.3) is 6.43 Å². The maximum absolute atomic E-state index is 12.8. The molecule has 1 saturated heterocycles. The lowest BCUT2D eigenvalue weighted by Crippen LogP contribution is -2.18. The summed E-state index contributed by atoms with van der Waals surface area (Å²) in [6.07, 6.45) is -0.808. The Morgan fingerprint density at radius 2 is 2.38 bits per heavy atom. The Balaban J connectivity index is 2.15. The molecule has 4 nitrogen and oxygen atoms in total. The third kappa shape index (κ3) is 2.32. The van der Waals surface area contributed by atoms with E-state index in [4.69, 9.17) is 16.3 Å². The lowest BCUT2D eigenvalue weighted by molar-refractivity contribution is 0.0850. The highest BCUT2D eigenvalue weighted by atomic mass is 35.5. The third-order valence-electron chi connectivity index (χ3n) is 2.58. The van der Waals surface area contributed by atoms with Gasteiger partial charge in [-0.25, -0.2) is 13.5 Å². The summed E-state index contributed by atoms with van der Waals surface area (Å²) < 4.78 is 32.1. The zero-order chi connectivity index (χ0) is 11.5. The first-order chi connectivity index (χ1) is 7.72. The Bertz CT molecular complexity index is 353. The SMILES string of the molecule is FC(F)c1c(CCl)nnn1CC1CCCO1. The van der Waals surface area contributed by atoms with Crippen molar-refractivity contribution >= 4 is 11.6 Å². The number of ether oxygens (including phenoxy) is 1. The van der Waals surface area contributed by atoms with Crippen molar-refractivity contribution in [3.8, 4) is 0 Å². The molecule has 1 aromatic rings. The second-order valence-corrected chi connectivity index (χ2v) is 3.94. The van der Waals surface area contributed by atoms with E-state index in [0.717, 1.165) is 12.8 Å². The van der Waals surface area contributed by atoms with Crippen molar-refractivity contribution in [1.29, 1.82) is 0 Å². The van der Waals surface area contributed by atoms with E-state index in [1.54, 1.807) is 0 Å². The molecule has 90 valence electrons. The van der Waals surface area contributed by atoms with Gasteiger partial charge in [-0.15, -0.1) is 16.7 Å². The van der Waals surface area contributed by atoms with E-state index in [9.17, 15) is 8.78 Å². The topological polar surface area (TPSA) is 39.9 Å². The van der Waals surface area contributed by atoms with E-state index >= 15 is 0 Å². The first-order valence-electron chi connectivity index (χ1n) is 5.10. The van der Waals surface area contributed by atoms with E-state index in [-0.39, 0.29) is 23.4 Å². The van der Waals surface area contributed by atoms with Gasteiger partial charge < -0.3 is 4.74 Å². The van der Waals surface area contributed by atoms with Gasteiger partial charge in [0, 0.05) is 6.61 Å². The quantitative estimate of drug-likeness (QED) is 0.770. The van der Waals surface area contributed by atoms with Crippen LogP contribution in [0.15, 0.2) is 0 Å². The number of hydrogen-bond donors (Lipinski definition) is 0. The van der Waals surface area contributed by atoms with Crippen LogP contribution in [0.2, 0.25) is 0 Å². The van der Waals surface area contributed by atoms with Crippen molar-refractivity contribution in [1.82, 2.24) is 15.0 Å². The summed E-state index contributed by atoms with van der Waals surface area (Å²) in [6.45, 7) is 1.01. The maximum Gasteiger partial charge on any atom is 0.281 e. The number of nitrogens with zero attached hydrogens (tertiary/aromatic N) is 3. The molecule has 7 heteroatoms. The summed E-state index contributed by atoms with van der Waals surface area (Å²) in [4.78, 5) is 0. The Kier molecular flexibility index (Phi) is 3.70. The van der Waals surface area contributed by atoms with Gasteiger partial charge in [-0.1, -0.05) is 5.21 Å². The predicted octanol–water partition coefficient (Wildman–Crippen LogP) is 2.13. The van der Waals surface area contributed by atoms with E-state index in [0.29, 0.717) is 13.2 Å². The summed E-state index contributed by atoms with van der Waals surface area (Å²) in [6, 6.07) is 0. The number of rotatable bonds is 4. The summed E-state index contributed by atoms with van der Waals surface area (Å²) in [5, 5.41) is 7.34. The fraction of sp³-hybridized carbons (Fsp3) is 0.778. The standard InChI is InChI=1S/C9H12ClF2N3O/c10-4-7-8(9(11)12)15(14-13-7)5-6-2-1-3-16-6/h6,9H,1-5H2. The van der Waals surface area contributed by atoms with Crippen LogP contribution in [-0.4, -0.2) is 27.7 Å². The average molecular weight is 252 g/mol. The first kappa shape index (κ1) is 11.7. The molecule has 1 aliphatic rings. The van der Waals surface area contributed by atoms with Crippen LogP contribution >= 0.6 is 11.6 Å². The van der Waals surface area contributed by atoms with E-state index in [2.05, 4.69) is 10.3 Å². The Hall–Kier alpha value is -0.750. The molecule has 1 fully saturated rings. The summed E-state index contributed by atoms with van der Waals surface area (Å²) in [5.41, 5.74) is -0.0415.